The molecule has 6 heteroatoms. The zero-order valence-corrected chi connectivity index (χ0v) is 18.4. The van der Waals surface area contributed by atoms with Gasteiger partial charge in [-0.15, -0.1) is 10.2 Å². The van der Waals surface area contributed by atoms with Crippen LogP contribution in [0.1, 0.15) is 64.6 Å². The lowest BCUT2D eigenvalue weighted by atomic mass is 9.71. The van der Waals surface area contributed by atoms with Gasteiger partial charge in [-0.05, 0) is 48.8 Å². The minimum Gasteiger partial charge on any atom is -0.347 e. The predicted molar refractivity (Wildman–Crippen MR) is 123 cm³/mol. The number of carbonyl (C=O) groups is 1. The van der Waals surface area contributed by atoms with Gasteiger partial charge in [0.1, 0.15) is 0 Å². The van der Waals surface area contributed by atoms with E-state index < -0.39 is 6.04 Å². The van der Waals surface area contributed by atoms with E-state index in [0.29, 0.717) is 18.2 Å². The van der Waals surface area contributed by atoms with Crippen molar-refractivity contribution in [2.75, 3.05) is 0 Å². The summed E-state index contributed by atoms with van der Waals surface area (Å²) in [5.74, 6) is 1.10. The molecule has 0 bridgehead atoms. The number of H-pyrrole nitrogens is 1. The second-order valence-electron chi connectivity index (χ2n) is 9.09. The van der Waals surface area contributed by atoms with Gasteiger partial charge in [-0.1, -0.05) is 63.2 Å². The molecule has 31 heavy (non-hydrogen) atoms. The summed E-state index contributed by atoms with van der Waals surface area (Å²) in [7, 11) is 0. The van der Waals surface area contributed by atoms with Gasteiger partial charge in [-0.2, -0.15) is 0 Å². The highest BCUT2D eigenvalue weighted by atomic mass is 16.2. The molecule has 0 saturated heterocycles. The van der Waals surface area contributed by atoms with Crippen molar-refractivity contribution in [1.29, 1.82) is 0 Å². The van der Waals surface area contributed by atoms with Gasteiger partial charge in [0.15, 0.2) is 11.5 Å². The quantitative estimate of drug-likeness (QED) is 0.625. The Balaban J connectivity index is 1.59. The van der Waals surface area contributed by atoms with E-state index in [0.717, 1.165) is 42.0 Å². The van der Waals surface area contributed by atoms with Crippen molar-refractivity contribution < 1.29 is 4.79 Å². The van der Waals surface area contributed by atoms with Crippen LogP contribution in [0.15, 0.2) is 47.3 Å². The lowest BCUT2D eigenvalue weighted by Crippen LogP contribution is -2.44. The number of hydrogen-bond acceptors (Lipinski definition) is 4. The second-order valence-corrected chi connectivity index (χ2v) is 9.09. The molecule has 2 aromatic carbocycles. The predicted octanol–water partition coefficient (Wildman–Crippen LogP) is 4.77. The maximum atomic E-state index is 13.0. The number of amides is 1. The molecule has 1 heterocycles. The minimum atomic E-state index is -0.457. The maximum absolute atomic E-state index is 13.0. The number of hydrogen-bond donors (Lipinski definition) is 2. The molecule has 1 saturated carbocycles. The molecule has 0 radical (unpaired) electrons. The van der Waals surface area contributed by atoms with Gasteiger partial charge >= 0.3 is 0 Å². The van der Waals surface area contributed by atoms with E-state index in [-0.39, 0.29) is 22.6 Å². The summed E-state index contributed by atoms with van der Waals surface area (Å²) in [6, 6.07) is 13.4. The van der Waals surface area contributed by atoms with Crippen molar-refractivity contribution >= 4 is 16.7 Å². The zero-order valence-electron chi connectivity index (χ0n) is 18.4. The molecule has 1 aliphatic carbocycles. The molecule has 162 valence electrons. The van der Waals surface area contributed by atoms with Crippen molar-refractivity contribution in [2.24, 2.45) is 11.3 Å². The van der Waals surface area contributed by atoms with E-state index in [4.69, 9.17) is 0 Å². The van der Waals surface area contributed by atoms with Crippen LogP contribution in [0.5, 0.6) is 0 Å². The first-order valence-corrected chi connectivity index (χ1v) is 11.2. The number of carbonyl (C=O) groups excluding carboxylic acids is 1. The molecule has 1 atom stereocenters. The molecular formula is C25H30N4O2. The molecule has 1 aliphatic rings. The number of nitrogens with zero attached hydrogens (tertiary/aromatic N) is 2. The molecule has 0 spiro atoms. The average Bonchev–Trinajstić information content (AvgIpc) is 2.79. The van der Waals surface area contributed by atoms with E-state index in [1.54, 1.807) is 0 Å². The molecular weight excluding hydrogens is 388 g/mol. The molecule has 1 aromatic heterocycles. The number of aromatic nitrogens is 3. The van der Waals surface area contributed by atoms with Crippen molar-refractivity contribution in [1.82, 2.24) is 20.5 Å². The van der Waals surface area contributed by atoms with Gasteiger partial charge in [0.25, 0.3) is 5.56 Å². The largest absolute Gasteiger partial charge is 0.347 e. The van der Waals surface area contributed by atoms with Crippen molar-refractivity contribution in [3.8, 4) is 11.4 Å². The molecule has 6 nitrogen and oxygen atoms in total. The topological polar surface area (TPSA) is 87.7 Å². The van der Waals surface area contributed by atoms with Gasteiger partial charge in [0.05, 0.1) is 6.04 Å². The fraction of sp³-hybridized carbons (Fsp3) is 0.440. The van der Waals surface area contributed by atoms with Crippen LogP contribution in [-0.2, 0) is 4.79 Å². The summed E-state index contributed by atoms with van der Waals surface area (Å²) in [6.07, 6.45) is 4.43. The van der Waals surface area contributed by atoms with Crippen LogP contribution in [0.2, 0.25) is 0 Å². The van der Waals surface area contributed by atoms with Crippen LogP contribution in [0.25, 0.3) is 22.2 Å². The lowest BCUT2D eigenvalue weighted by Gasteiger charge is -2.35. The maximum Gasteiger partial charge on any atom is 0.275 e. The Kier molecular flexibility index (Phi) is 5.90. The smallest absolute Gasteiger partial charge is 0.275 e. The van der Waals surface area contributed by atoms with Crippen molar-refractivity contribution in [3.63, 3.8) is 0 Å². The third-order valence-corrected chi connectivity index (χ3v) is 6.74. The van der Waals surface area contributed by atoms with Crippen LogP contribution in [0.3, 0.4) is 0 Å². The fourth-order valence-corrected chi connectivity index (χ4v) is 4.45. The van der Waals surface area contributed by atoms with Crippen LogP contribution in [-0.4, -0.2) is 21.1 Å². The Hall–Kier alpha value is -3.02. The monoisotopic (exact) mass is 418 g/mol. The molecule has 4 rings (SSSR count). The number of benzene rings is 2. The molecule has 2 N–H and O–H groups in total. The van der Waals surface area contributed by atoms with Crippen LogP contribution < -0.4 is 10.9 Å². The summed E-state index contributed by atoms with van der Waals surface area (Å²) < 4.78 is 0. The SMILES string of the molecule is CCC(NC(=O)C1(C)CCC(C)CC1)c1nnc(-c2cccc3ccccc23)[nH]c1=O. The summed E-state index contributed by atoms with van der Waals surface area (Å²) in [5.41, 5.74) is 0.388. The van der Waals surface area contributed by atoms with Gasteiger partial charge in [0, 0.05) is 11.0 Å². The van der Waals surface area contributed by atoms with Crippen LogP contribution in [0, 0.1) is 11.3 Å². The average molecular weight is 419 g/mol. The highest BCUT2D eigenvalue weighted by molar-refractivity contribution is 5.94. The molecule has 1 unspecified atom stereocenters. The lowest BCUT2D eigenvalue weighted by molar-refractivity contribution is -0.133. The van der Waals surface area contributed by atoms with Crippen molar-refractivity contribution in [3.05, 3.63) is 58.5 Å². The van der Waals surface area contributed by atoms with E-state index in [1.807, 2.05) is 56.3 Å². The van der Waals surface area contributed by atoms with Gasteiger partial charge in [0.2, 0.25) is 5.91 Å². The third kappa shape index (κ3) is 4.24. The summed E-state index contributed by atoms with van der Waals surface area (Å²) in [5, 5.41) is 13.7. The molecule has 1 amide bonds. The minimum absolute atomic E-state index is 0.00517. The number of nitrogens with one attached hydrogen (secondary N) is 2. The summed E-state index contributed by atoms with van der Waals surface area (Å²) >= 11 is 0. The summed E-state index contributed by atoms with van der Waals surface area (Å²) in [4.78, 5) is 28.9. The Bertz CT molecular complexity index is 1140. The first-order valence-electron chi connectivity index (χ1n) is 11.2. The highest BCUT2D eigenvalue weighted by Crippen LogP contribution is 2.39. The van der Waals surface area contributed by atoms with Gasteiger partial charge in [-0.3, -0.25) is 9.59 Å². The Morgan fingerprint density at radius 2 is 1.87 bits per heavy atom. The number of aromatic amines is 1. The third-order valence-electron chi connectivity index (χ3n) is 6.74. The normalized spacial score (nSPS) is 22.2. The standard InChI is InChI=1S/C25H30N4O2/c1-4-20(26-24(31)25(3)14-12-16(2)13-15-25)21-23(30)27-22(29-28-21)19-11-7-9-17-8-5-6-10-18(17)19/h5-11,16,20H,4,12-15H2,1-3H3,(H,26,31)(H,27,29,30). The fourth-order valence-electron chi connectivity index (χ4n) is 4.45. The Morgan fingerprint density at radius 1 is 1.16 bits per heavy atom. The first-order chi connectivity index (χ1) is 14.9. The van der Waals surface area contributed by atoms with E-state index in [1.165, 1.54) is 0 Å². The molecule has 0 aliphatic heterocycles. The van der Waals surface area contributed by atoms with E-state index in [2.05, 4.69) is 27.4 Å². The van der Waals surface area contributed by atoms with Gasteiger partial charge < -0.3 is 10.3 Å². The van der Waals surface area contributed by atoms with Crippen molar-refractivity contribution in [2.45, 2.75) is 58.9 Å². The van der Waals surface area contributed by atoms with Gasteiger partial charge in [-0.25, -0.2) is 0 Å². The Labute approximate surface area is 182 Å². The molecule has 3 aromatic rings. The first kappa shape index (κ1) is 21.2. The van der Waals surface area contributed by atoms with Crippen LogP contribution >= 0.6 is 0 Å². The molecule has 1 fully saturated rings. The second kappa shape index (κ2) is 8.61. The number of fused-ring (bicyclic) bond motifs is 1. The summed E-state index contributed by atoms with van der Waals surface area (Å²) in [6.45, 7) is 6.20. The highest BCUT2D eigenvalue weighted by Gasteiger charge is 2.37. The van der Waals surface area contributed by atoms with Crippen LogP contribution in [0.4, 0.5) is 0 Å². The van der Waals surface area contributed by atoms with E-state index in [9.17, 15) is 9.59 Å². The van der Waals surface area contributed by atoms with E-state index >= 15 is 0 Å². The Morgan fingerprint density at radius 3 is 2.58 bits per heavy atom. The zero-order chi connectivity index (χ0) is 22.0. The number of rotatable bonds is 5.